The Morgan fingerprint density at radius 1 is 0.309 bits per heavy atom. The van der Waals surface area contributed by atoms with Crippen molar-refractivity contribution >= 4 is 146 Å². The number of aromatic amines is 2. The van der Waals surface area contributed by atoms with E-state index in [9.17, 15) is 58.2 Å². The Kier molecular flexibility index (Phi) is 49.5. The quantitative estimate of drug-likeness (QED) is 0.0111. The van der Waals surface area contributed by atoms with Crippen molar-refractivity contribution in [3.63, 3.8) is 0 Å². The molecule has 0 aliphatic carbocycles. The predicted molar refractivity (Wildman–Crippen MR) is 507 cm³/mol. The van der Waals surface area contributed by atoms with Crippen LogP contribution in [0, 0.1) is 49.7 Å². The maximum atomic E-state index is 15.1. The van der Waals surface area contributed by atoms with Crippen molar-refractivity contribution in [3.8, 4) is 0 Å². The summed E-state index contributed by atoms with van der Waals surface area (Å²) < 4.78 is 0. The summed E-state index contributed by atoms with van der Waals surface area (Å²) in [5, 5.41) is 125. The number of nitrogens with two attached hydrogens (primary N) is 9. The molecule has 0 spiro atoms. The highest BCUT2D eigenvalue weighted by atomic mass is 16.4. The lowest BCUT2D eigenvalue weighted by molar-refractivity contribution is -0.141. The van der Waals surface area contributed by atoms with E-state index >= 15 is 19.2 Å². The first-order valence-corrected chi connectivity index (χ1v) is 44.5. The Bertz CT molecular complexity index is 4750. The Labute approximate surface area is 785 Å². The first-order chi connectivity index (χ1) is 64.4. The fourth-order valence-corrected chi connectivity index (χ4v) is 14.2. The molecule has 0 saturated heterocycles. The molecule has 0 bridgehead atoms. The van der Waals surface area contributed by atoms with Crippen LogP contribution < -0.4 is 153 Å². The van der Waals surface area contributed by atoms with E-state index in [1.165, 1.54) is 6.20 Å². The molecule has 2 aromatic carbocycles. The van der Waals surface area contributed by atoms with Crippen LogP contribution in [0.15, 0.2) is 60.9 Å². The van der Waals surface area contributed by atoms with E-state index in [1.54, 1.807) is 82.4 Å². The van der Waals surface area contributed by atoms with Crippen LogP contribution in [0.5, 0.6) is 0 Å². The number of aliphatic hydroxyl groups is 1. The zero-order chi connectivity index (χ0) is 101. The standard InChI is InChI=1S/C83H139N37O16/c1-42(2)34-57(64(85)124)115-73(133)59(36-44-39-107-49-19-7-5-16-46(44)49)118-76(136)62(41-121)120-74(134)60(37-45-40-108-50-20-8-6-17-47(45)50)117-75(135)61(38-63(122)123)119-72(132)58(35-43(3)4)116-71(131)56(26-15-33-106-83(98)99)114-70(130)55(25-14-32-105-82(96)97)113-69(129)54(24-13-31-104-81(94)95)112-68(128)53(23-12-30-103-80(92)93)111-67(127)52(22-11-29-102-79(90)91)110-66(126)51(21-10-28-101-78(88)89)109-65(125)48(84)18-9-27-100-77(86)87/h5-8,16-17,19-20,39-40,42-43,48,51-62,107-108,121H,9-15,18,21-38,41,84H2,1-4H3,(H2,85,124)(H,109,125)(H,110,126)(H,111,127)(H,112,128)(H,113,129)(H,114,130)(H,115,133)(H,116,131)(H,117,135)(H,118,136)(H,119,132)(H,120,134)(H,122,123)(H4,86,87,100)(H4,88,89,101)(H4,90,91,102)(H4,92,93,103)(H4,94,95,104)(H4,96,97,105)(H4,98,99,106)/t48-,51-,52-,53-,54-,55-,56-,57+,58+,59+,60+,61+,62+/m1/s1. The first-order valence-electron chi connectivity index (χ1n) is 44.5. The molecule has 53 heteroatoms. The Hall–Kier alpha value is -15.1. The number of rotatable bonds is 64. The number of amides is 13. The Balaban J connectivity index is 1.75. The number of aliphatic hydroxyl groups excluding tert-OH is 1. The molecule has 4 aromatic rings. The van der Waals surface area contributed by atoms with Crippen LogP contribution in [0.1, 0.15) is 148 Å². The number of guanidine groups is 7. The van der Waals surface area contributed by atoms with E-state index in [2.05, 4.69) is 111 Å². The molecular formula is C83H139N37O16. The number of carboxylic acids is 1. The summed E-state index contributed by atoms with van der Waals surface area (Å²) >= 11 is 0. The third-order valence-electron chi connectivity index (χ3n) is 21.1. The zero-order valence-electron chi connectivity index (χ0n) is 76.8. The van der Waals surface area contributed by atoms with Crippen LogP contribution in [-0.2, 0) is 80.0 Å². The van der Waals surface area contributed by atoms with Gasteiger partial charge in [-0.2, -0.15) is 0 Å². The second kappa shape index (κ2) is 59.4. The average Bonchev–Trinajstić information content (AvgIpc) is 1.67. The van der Waals surface area contributed by atoms with Gasteiger partial charge in [-0.15, -0.1) is 0 Å². The molecule has 13 amide bonds. The summed E-state index contributed by atoms with van der Waals surface area (Å²) in [6, 6.07) is -6.86. The molecule has 0 aliphatic heterocycles. The molecule has 136 heavy (non-hydrogen) atoms. The molecule has 4 rings (SSSR count). The lowest BCUT2D eigenvalue weighted by atomic mass is 10.0. The van der Waals surface area contributed by atoms with Gasteiger partial charge in [0.1, 0.15) is 72.5 Å². The third-order valence-corrected chi connectivity index (χ3v) is 21.1. The van der Waals surface area contributed by atoms with E-state index in [4.69, 9.17) is 89.5 Å². The van der Waals surface area contributed by atoms with Gasteiger partial charge < -0.3 is 173 Å². The maximum absolute atomic E-state index is 15.1. The van der Waals surface area contributed by atoms with Gasteiger partial charge in [0.25, 0.3) is 0 Å². The average molecular weight is 1910 g/mol. The fraction of sp³-hybridized carbons (Fsp3) is 0.554. The minimum absolute atomic E-state index is 0.00780. The number of hydrogen-bond acceptors (Lipinski definition) is 23. The second-order valence-corrected chi connectivity index (χ2v) is 33.3. The minimum Gasteiger partial charge on any atom is -0.481 e. The van der Waals surface area contributed by atoms with E-state index in [1.807, 2.05) is 0 Å². The van der Waals surface area contributed by atoms with Gasteiger partial charge in [-0.05, 0) is 138 Å². The minimum atomic E-state index is -2.07. The summed E-state index contributed by atoms with van der Waals surface area (Å²) in [5.41, 5.74) is 53.0. The molecule has 2 heterocycles. The molecular weight excluding hydrogens is 1770 g/mol. The molecule has 13 atom stereocenters. The number of carbonyl (C=O) groups excluding carboxylic acids is 13. The summed E-state index contributed by atoms with van der Waals surface area (Å²) in [5.74, 6) is -18.6. The third kappa shape index (κ3) is 43.1. The molecule has 2 aromatic heterocycles. The van der Waals surface area contributed by atoms with Gasteiger partial charge in [-0.3, -0.25) is 105 Å². The molecule has 0 unspecified atom stereocenters. The van der Waals surface area contributed by atoms with Crippen molar-refractivity contribution in [1.29, 1.82) is 37.9 Å². The number of hydrogen-bond donors (Lipinski definition) is 39. The van der Waals surface area contributed by atoms with Crippen molar-refractivity contribution < 1.29 is 77.3 Å². The van der Waals surface area contributed by atoms with E-state index in [0.717, 1.165) is 0 Å². The van der Waals surface area contributed by atoms with Crippen LogP contribution in [0.2, 0.25) is 0 Å². The zero-order valence-corrected chi connectivity index (χ0v) is 76.8. The van der Waals surface area contributed by atoms with E-state index < -0.39 is 216 Å². The highest BCUT2D eigenvalue weighted by molar-refractivity contribution is 6.01. The molecule has 0 fully saturated rings. The molecule has 48 N–H and O–H groups in total. The van der Waals surface area contributed by atoms with E-state index in [0.29, 0.717) is 32.9 Å². The number of para-hydroxylation sites is 2. The van der Waals surface area contributed by atoms with Crippen molar-refractivity contribution in [2.24, 2.45) is 63.4 Å². The van der Waals surface area contributed by atoms with Crippen molar-refractivity contribution in [2.45, 2.75) is 228 Å². The number of primary amides is 1. The smallest absolute Gasteiger partial charge is 0.305 e. The highest BCUT2D eigenvalue weighted by Gasteiger charge is 2.39. The van der Waals surface area contributed by atoms with Crippen molar-refractivity contribution in [2.75, 3.05) is 52.4 Å². The predicted octanol–water partition coefficient (Wildman–Crippen LogP) is -8.53. The van der Waals surface area contributed by atoms with Crippen LogP contribution >= 0.6 is 0 Å². The number of nitrogens with one attached hydrogen (secondary N) is 28. The number of fused-ring (bicyclic) bond motifs is 2. The second-order valence-electron chi connectivity index (χ2n) is 33.3. The van der Waals surface area contributed by atoms with Gasteiger partial charge in [0, 0.05) is 92.9 Å². The monoisotopic (exact) mass is 1910 g/mol. The molecule has 0 radical (unpaired) electrons. The fourth-order valence-electron chi connectivity index (χ4n) is 14.2. The van der Waals surface area contributed by atoms with Gasteiger partial charge in [-0.1, -0.05) is 64.1 Å². The van der Waals surface area contributed by atoms with Crippen LogP contribution in [-0.4, -0.2) is 276 Å². The lowest BCUT2D eigenvalue weighted by Crippen LogP contribution is -2.61. The lowest BCUT2D eigenvalue weighted by Gasteiger charge is -2.29. The number of benzene rings is 2. The first kappa shape index (κ1) is 113. The van der Waals surface area contributed by atoms with E-state index in [-0.39, 0.29) is 173 Å². The SMILES string of the molecule is CC(C)C[C@H](NC(=O)[C@H](Cc1c[nH]c2ccccc12)NC(=O)[C@H](CO)NC(=O)[C@H](Cc1c[nH]c2ccccc12)NC(=O)[C@H](CC(=O)O)NC(=O)[C@H](CC(C)C)NC(=O)[C@@H](CCCNC(=N)N)NC(=O)[C@@H](CCCNC(=N)N)NC(=O)[C@@H](CCCNC(=N)N)NC(=O)[C@@H](CCCNC(=N)N)NC(=O)[C@@H](CCCNC(=N)N)NC(=O)[C@@H](CCCNC(=N)N)NC(=O)[C@H](N)CCCNC(=N)N)C(N)=O. The molecule has 53 nitrogen and oxygen atoms in total. The van der Waals surface area contributed by atoms with Gasteiger partial charge in [0.15, 0.2) is 41.7 Å². The summed E-state index contributed by atoms with van der Waals surface area (Å²) in [7, 11) is 0. The van der Waals surface area contributed by atoms with Gasteiger partial charge in [0.05, 0.1) is 19.1 Å². The van der Waals surface area contributed by atoms with Gasteiger partial charge in [0.2, 0.25) is 76.8 Å². The number of carboxylic acid groups (broad SMARTS) is 1. The Morgan fingerprint density at radius 3 is 0.824 bits per heavy atom. The molecule has 0 aliphatic rings. The summed E-state index contributed by atoms with van der Waals surface area (Å²) in [6.45, 7) is 5.74. The van der Waals surface area contributed by atoms with Crippen LogP contribution in [0.4, 0.5) is 0 Å². The van der Waals surface area contributed by atoms with Crippen molar-refractivity contribution in [3.05, 3.63) is 72.1 Å². The number of aromatic nitrogens is 2. The number of aliphatic carboxylic acids is 1. The molecule has 0 saturated carbocycles. The van der Waals surface area contributed by atoms with Crippen LogP contribution in [0.3, 0.4) is 0 Å². The number of H-pyrrole nitrogens is 2. The normalized spacial score (nSPS) is 13.9. The van der Waals surface area contributed by atoms with Crippen molar-refractivity contribution in [1.82, 2.24) is 111 Å². The summed E-state index contributed by atoms with van der Waals surface area (Å²) in [6.07, 6.45) is 0.175. The largest absolute Gasteiger partial charge is 0.481 e. The maximum Gasteiger partial charge on any atom is 0.305 e. The van der Waals surface area contributed by atoms with Gasteiger partial charge in [-0.25, -0.2) is 0 Å². The topological polar surface area (TPSA) is 941 Å². The highest BCUT2D eigenvalue weighted by Crippen LogP contribution is 2.23. The molecule has 752 valence electrons. The Morgan fingerprint density at radius 2 is 0.537 bits per heavy atom. The summed E-state index contributed by atoms with van der Waals surface area (Å²) in [4.78, 5) is 208. The van der Waals surface area contributed by atoms with Crippen LogP contribution in [0.25, 0.3) is 21.8 Å². The van der Waals surface area contributed by atoms with Gasteiger partial charge >= 0.3 is 5.97 Å². The number of carbonyl (C=O) groups is 14.